The molecule has 3 aliphatic heterocycles. The lowest BCUT2D eigenvalue weighted by Gasteiger charge is -2.51. The normalized spacial score (nSPS) is 27.3. The third kappa shape index (κ3) is 4.87. The van der Waals surface area contributed by atoms with Gasteiger partial charge in [-0.25, -0.2) is 4.90 Å². The first-order valence-electron chi connectivity index (χ1n) is 17.5. The van der Waals surface area contributed by atoms with E-state index in [0.29, 0.717) is 39.6 Å². The molecule has 0 unspecified atom stereocenters. The molecule has 3 N–H and O–H groups in total. The third-order valence-electron chi connectivity index (χ3n) is 11.7. The van der Waals surface area contributed by atoms with Crippen molar-refractivity contribution in [3.63, 3.8) is 0 Å². The van der Waals surface area contributed by atoms with Crippen LogP contribution >= 0.6 is 11.6 Å². The molecule has 4 aromatic rings. The van der Waals surface area contributed by atoms with Crippen LogP contribution in [0.4, 0.5) is 11.4 Å². The van der Waals surface area contributed by atoms with Gasteiger partial charge in [-0.1, -0.05) is 71.8 Å². The van der Waals surface area contributed by atoms with Crippen molar-refractivity contribution in [3.05, 3.63) is 137 Å². The van der Waals surface area contributed by atoms with Gasteiger partial charge in [-0.15, -0.1) is 0 Å². The average Bonchev–Trinajstić information content (AvgIpc) is 3.55. The smallest absolute Gasteiger partial charge is 0.488 e. The molecule has 10 nitrogen and oxygen atoms in total. The van der Waals surface area contributed by atoms with E-state index in [9.17, 15) is 29.5 Å². The lowest BCUT2D eigenvalue weighted by atomic mass is 9.48. The van der Waals surface area contributed by atoms with Gasteiger partial charge < -0.3 is 19.9 Å². The quantitative estimate of drug-likeness (QED) is 0.156. The summed E-state index contributed by atoms with van der Waals surface area (Å²) in [6.45, 7) is 0. The Morgan fingerprint density at radius 1 is 0.792 bits per heavy atom. The van der Waals surface area contributed by atoms with E-state index in [2.05, 4.69) is 0 Å². The number of benzene rings is 4. The fourth-order valence-electron chi connectivity index (χ4n) is 9.64. The van der Waals surface area contributed by atoms with Crippen LogP contribution < -0.4 is 20.0 Å². The number of ether oxygens (including phenoxy) is 1. The summed E-state index contributed by atoms with van der Waals surface area (Å²) in [7, 11) is -1.80. The van der Waals surface area contributed by atoms with Crippen molar-refractivity contribution in [2.24, 2.45) is 29.6 Å². The molecule has 3 heterocycles. The van der Waals surface area contributed by atoms with Gasteiger partial charge in [0.2, 0.25) is 23.6 Å². The summed E-state index contributed by atoms with van der Waals surface area (Å²) >= 11 is 6.41. The van der Waals surface area contributed by atoms with Crippen LogP contribution in [0.2, 0.25) is 5.02 Å². The minimum Gasteiger partial charge on any atom is -0.508 e. The molecule has 2 saturated heterocycles. The number of halogens is 1. The number of hydrogen-bond donors (Lipinski definition) is 3. The third-order valence-corrected chi connectivity index (χ3v) is 12.0. The van der Waals surface area contributed by atoms with Crippen molar-refractivity contribution >= 4 is 59.2 Å². The molecule has 0 spiro atoms. The minimum absolute atomic E-state index is 0.0534. The maximum Gasteiger partial charge on any atom is 0.488 e. The monoisotopic (exact) mass is 726 g/mol. The number of imide groups is 2. The highest BCUT2D eigenvalue weighted by molar-refractivity contribution is 6.58. The predicted molar refractivity (Wildman–Crippen MR) is 196 cm³/mol. The van der Waals surface area contributed by atoms with Gasteiger partial charge >= 0.3 is 7.12 Å². The maximum absolute atomic E-state index is 15.4. The number of allylic oxidation sites excluding steroid dienone is 3. The molecule has 9 rings (SSSR count). The van der Waals surface area contributed by atoms with Crippen LogP contribution in [0.1, 0.15) is 24.0 Å². The Morgan fingerprint density at radius 2 is 1.55 bits per heavy atom. The molecule has 264 valence electrons. The molecule has 0 aromatic heterocycles. The van der Waals surface area contributed by atoms with Gasteiger partial charge in [0.05, 0.1) is 40.8 Å². The van der Waals surface area contributed by atoms with E-state index in [-0.39, 0.29) is 29.7 Å². The summed E-state index contributed by atoms with van der Waals surface area (Å²) in [5.41, 5.74) is 2.04. The minimum atomic E-state index is -1.80. The number of carbonyl (C=O) groups excluding carboxylic acids is 4. The van der Waals surface area contributed by atoms with Gasteiger partial charge in [-0.2, -0.15) is 0 Å². The van der Waals surface area contributed by atoms with Crippen molar-refractivity contribution < 1.29 is 39.1 Å². The molecule has 53 heavy (non-hydrogen) atoms. The molecule has 2 aliphatic carbocycles. The van der Waals surface area contributed by atoms with Crippen molar-refractivity contribution in [1.82, 2.24) is 0 Å². The van der Waals surface area contributed by atoms with Crippen LogP contribution in [0, 0.1) is 29.6 Å². The molecule has 0 bridgehead atoms. The van der Waals surface area contributed by atoms with E-state index in [1.54, 1.807) is 54.8 Å². The Bertz CT molecular complexity index is 2310. The first-order chi connectivity index (χ1) is 25.6. The van der Waals surface area contributed by atoms with Gasteiger partial charge in [0.15, 0.2) is 0 Å². The topological polar surface area (TPSA) is 145 Å². The van der Waals surface area contributed by atoms with Gasteiger partial charge in [0.1, 0.15) is 11.5 Å². The van der Waals surface area contributed by atoms with E-state index < -0.39 is 65.8 Å². The van der Waals surface area contributed by atoms with E-state index in [1.165, 1.54) is 23.1 Å². The molecule has 4 amide bonds. The predicted octanol–water partition coefficient (Wildman–Crippen LogP) is 4.44. The number of rotatable bonds is 5. The van der Waals surface area contributed by atoms with E-state index in [4.69, 9.17) is 16.3 Å². The summed E-state index contributed by atoms with van der Waals surface area (Å²) in [6.07, 6.45) is 4.23. The second-order valence-corrected chi connectivity index (χ2v) is 14.8. The number of phenols is 1. The van der Waals surface area contributed by atoms with Gasteiger partial charge in [-0.05, 0) is 83.9 Å². The van der Waals surface area contributed by atoms with Gasteiger partial charge in [0, 0.05) is 22.9 Å². The number of hydrogen-bond acceptors (Lipinski definition) is 8. The highest BCUT2D eigenvalue weighted by Crippen LogP contribution is 2.64. The summed E-state index contributed by atoms with van der Waals surface area (Å²) in [4.78, 5) is 61.4. The van der Waals surface area contributed by atoms with Gasteiger partial charge in [-0.3, -0.25) is 24.1 Å². The van der Waals surface area contributed by atoms with E-state index in [1.807, 2.05) is 36.4 Å². The summed E-state index contributed by atoms with van der Waals surface area (Å²) in [5.74, 6) is -4.98. The Morgan fingerprint density at radius 3 is 2.30 bits per heavy atom. The zero-order valence-corrected chi connectivity index (χ0v) is 28.9. The summed E-state index contributed by atoms with van der Waals surface area (Å²) < 4.78 is 6.18. The molecule has 4 aromatic carbocycles. The standard InChI is InChI=1S/C41H32BClN2O8/c43-26-9-5-11-28(19-26)45-38(48)33-20-32-30(13-14-31-35(32)39(49)44(37(31)47)27-10-4-8-25(18-27)42(51)52)36(41(33,40(45)50)24-6-2-1-3-7-24)23-16-22-17-29(46)12-15-34(22)53-21-23/h1-13,15,17-19,21,31-33,35-36,46,51-52H,14,16,20H2/t31-,32+,33-,35-,36-,41+/m0/s1. The summed E-state index contributed by atoms with van der Waals surface area (Å²) in [5, 5.41) is 30.5. The molecule has 5 aliphatic rings. The lowest BCUT2D eigenvalue weighted by molar-refractivity contribution is -0.128. The number of phenolic OH excluding ortho intramolecular Hbond substituents is 1. The van der Waals surface area contributed by atoms with E-state index in [0.717, 1.165) is 10.5 Å². The zero-order chi connectivity index (χ0) is 36.8. The number of amides is 4. The fraction of sp³-hybridized carbons (Fsp3) is 0.220. The molecular formula is C41H32BClN2O8. The molecular weight excluding hydrogens is 695 g/mol. The number of nitrogens with zero attached hydrogens (tertiary/aromatic N) is 2. The molecule has 3 fully saturated rings. The van der Waals surface area contributed by atoms with Crippen LogP contribution in [0.5, 0.6) is 11.5 Å². The Kier molecular flexibility index (Phi) is 7.74. The first-order valence-corrected chi connectivity index (χ1v) is 17.9. The number of carbonyl (C=O) groups is 4. The molecule has 12 heteroatoms. The van der Waals surface area contributed by atoms with Crippen LogP contribution in [0.25, 0.3) is 0 Å². The molecule has 6 atom stereocenters. The van der Waals surface area contributed by atoms with Crippen LogP contribution in [-0.4, -0.2) is 45.9 Å². The Labute approximate surface area is 309 Å². The Hall–Kier alpha value is -5.49. The summed E-state index contributed by atoms with van der Waals surface area (Å²) in [6, 6.07) is 26.7. The Balaban J connectivity index is 1.24. The molecule has 1 saturated carbocycles. The lowest BCUT2D eigenvalue weighted by Crippen LogP contribution is -2.55. The first kappa shape index (κ1) is 33.4. The fourth-order valence-corrected chi connectivity index (χ4v) is 9.82. The van der Waals surface area contributed by atoms with Crippen molar-refractivity contribution in [2.45, 2.75) is 24.7 Å². The second-order valence-electron chi connectivity index (χ2n) is 14.4. The second kappa shape index (κ2) is 12.3. The number of fused-ring (bicyclic) bond motifs is 5. The molecule has 0 radical (unpaired) electrons. The highest BCUT2D eigenvalue weighted by atomic mass is 35.5. The maximum atomic E-state index is 15.4. The van der Waals surface area contributed by atoms with Crippen LogP contribution in [-0.2, 0) is 31.0 Å². The van der Waals surface area contributed by atoms with Crippen LogP contribution in [0.3, 0.4) is 0 Å². The van der Waals surface area contributed by atoms with Crippen molar-refractivity contribution in [1.29, 1.82) is 0 Å². The van der Waals surface area contributed by atoms with Gasteiger partial charge in [0.25, 0.3) is 0 Å². The number of anilines is 2. The number of aromatic hydroxyl groups is 1. The SMILES string of the molecule is O=C1[C@H]2[C@H](CC=C3[C@H](C4=COc5ccc(O)cc5C4)[C@]4(c5ccccc5)C(=O)N(c5cccc(Cl)c5)C(=O)[C@@H]4C[C@H]32)C(=O)N1c1cccc(B(O)O)c1. The highest BCUT2D eigenvalue weighted by Gasteiger charge is 2.70. The van der Waals surface area contributed by atoms with Crippen molar-refractivity contribution in [2.75, 3.05) is 9.80 Å². The van der Waals surface area contributed by atoms with Crippen molar-refractivity contribution in [3.8, 4) is 11.5 Å². The van der Waals surface area contributed by atoms with E-state index >= 15 is 4.79 Å². The largest absolute Gasteiger partial charge is 0.508 e. The average molecular weight is 727 g/mol. The van der Waals surface area contributed by atoms with Crippen LogP contribution in [0.15, 0.2) is 121 Å². The zero-order valence-electron chi connectivity index (χ0n) is 28.1.